The molecule has 0 aromatic heterocycles. The molecule has 18 heavy (non-hydrogen) atoms. The topological polar surface area (TPSA) is 38.5 Å². The molecule has 1 saturated heterocycles. The van der Waals surface area contributed by atoms with E-state index in [1.807, 2.05) is 0 Å². The predicted molar refractivity (Wildman–Crippen MR) is 67.9 cm³/mol. The van der Waals surface area contributed by atoms with Crippen molar-refractivity contribution in [1.82, 2.24) is 4.90 Å². The van der Waals surface area contributed by atoms with Gasteiger partial charge >= 0.3 is 0 Å². The van der Waals surface area contributed by atoms with Crippen LogP contribution in [-0.4, -0.2) is 30.6 Å². The molecule has 1 heterocycles. The molecule has 3 rings (SSSR count). The van der Waals surface area contributed by atoms with E-state index in [0.717, 1.165) is 13.1 Å². The highest BCUT2D eigenvalue weighted by molar-refractivity contribution is 5.29. The van der Waals surface area contributed by atoms with E-state index < -0.39 is 0 Å². The van der Waals surface area contributed by atoms with E-state index in [4.69, 9.17) is 10.5 Å². The standard InChI is InChI=1S/C14H19FN2O/c1-18-12-5-2-10(13(15)6-12)7-17-8-14(16,9-17)11-3-4-11/h2,5-6,11H,3-4,7-9,16H2,1H3. The molecule has 0 amide bonds. The van der Waals surface area contributed by atoms with Crippen molar-refractivity contribution < 1.29 is 9.13 Å². The Hall–Kier alpha value is -1.13. The molecular weight excluding hydrogens is 231 g/mol. The van der Waals surface area contributed by atoms with Gasteiger partial charge in [0.2, 0.25) is 0 Å². The maximum Gasteiger partial charge on any atom is 0.131 e. The van der Waals surface area contributed by atoms with E-state index in [2.05, 4.69) is 4.90 Å². The zero-order valence-electron chi connectivity index (χ0n) is 10.7. The first-order chi connectivity index (χ1) is 8.60. The van der Waals surface area contributed by atoms with Gasteiger partial charge in [0.25, 0.3) is 0 Å². The summed E-state index contributed by atoms with van der Waals surface area (Å²) >= 11 is 0. The third-order valence-corrected chi connectivity index (χ3v) is 4.08. The van der Waals surface area contributed by atoms with Crippen LogP contribution in [0.25, 0.3) is 0 Å². The molecular formula is C14H19FN2O. The normalized spacial score (nSPS) is 22.6. The lowest BCUT2D eigenvalue weighted by atomic mass is 9.85. The molecule has 1 aromatic rings. The summed E-state index contributed by atoms with van der Waals surface area (Å²) < 4.78 is 18.8. The van der Waals surface area contributed by atoms with Crippen molar-refractivity contribution in [3.05, 3.63) is 29.6 Å². The number of nitrogens with zero attached hydrogens (tertiary/aromatic N) is 1. The van der Waals surface area contributed by atoms with Gasteiger partial charge in [0.15, 0.2) is 0 Å². The molecule has 2 fully saturated rings. The molecule has 1 aliphatic heterocycles. The summed E-state index contributed by atoms with van der Waals surface area (Å²) in [6, 6.07) is 5.03. The van der Waals surface area contributed by atoms with Crippen LogP contribution in [-0.2, 0) is 6.54 Å². The maximum atomic E-state index is 13.8. The van der Waals surface area contributed by atoms with Gasteiger partial charge < -0.3 is 10.5 Å². The van der Waals surface area contributed by atoms with E-state index >= 15 is 0 Å². The SMILES string of the molecule is COc1ccc(CN2CC(N)(C3CC3)C2)c(F)c1. The fourth-order valence-corrected chi connectivity index (χ4v) is 2.84. The van der Waals surface area contributed by atoms with Gasteiger partial charge in [-0.05, 0) is 24.8 Å². The maximum absolute atomic E-state index is 13.8. The molecule has 3 nitrogen and oxygen atoms in total. The molecule has 1 aromatic carbocycles. The number of benzene rings is 1. The highest BCUT2D eigenvalue weighted by Crippen LogP contribution is 2.43. The van der Waals surface area contributed by atoms with Gasteiger partial charge in [-0.15, -0.1) is 0 Å². The summed E-state index contributed by atoms with van der Waals surface area (Å²) in [5.41, 5.74) is 7.00. The molecule has 4 heteroatoms. The van der Waals surface area contributed by atoms with E-state index in [1.165, 1.54) is 18.9 Å². The monoisotopic (exact) mass is 250 g/mol. The molecule has 0 unspecified atom stereocenters. The van der Waals surface area contributed by atoms with Gasteiger partial charge in [-0.1, -0.05) is 6.07 Å². The predicted octanol–water partition coefficient (Wildman–Crippen LogP) is 1.76. The fourth-order valence-electron chi connectivity index (χ4n) is 2.84. The minimum absolute atomic E-state index is 0.00292. The second-order valence-corrected chi connectivity index (χ2v) is 5.61. The number of nitrogens with two attached hydrogens (primary N) is 1. The number of ether oxygens (including phenoxy) is 1. The molecule has 98 valence electrons. The quantitative estimate of drug-likeness (QED) is 0.885. The zero-order chi connectivity index (χ0) is 12.8. The number of methoxy groups -OCH3 is 1. The van der Waals surface area contributed by atoms with E-state index in [0.29, 0.717) is 23.8 Å². The third kappa shape index (κ3) is 2.10. The summed E-state index contributed by atoms with van der Waals surface area (Å²) in [7, 11) is 1.54. The van der Waals surface area contributed by atoms with E-state index in [-0.39, 0.29) is 11.4 Å². The molecule has 2 N–H and O–H groups in total. The number of hydrogen-bond acceptors (Lipinski definition) is 3. The number of likely N-dealkylation sites (tertiary alicyclic amines) is 1. The molecule has 0 atom stereocenters. The van der Waals surface area contributed by atoms with E-state index in [9.17, 15) is 4.39 Å². The molecule has 1 aliphatic carbocycles. The Balaban J connectivity index is 1.61. The lowest BCUT2D eigenvalue weighted by Gasteiger charge is -2.48. The van der Waals surface area contributed by atoms with Crippen molar-refractivity contribution in [1.29, 1.82) is 0 Å². The fraction of sp³-hybridized carbons (Fsp3) is 0.571. The summed E-state index contributed by atoms with van der Waals surface area (Å²) in [4.78, 5) is 2.21. The average molecular weight is 250 g/mol. The highest BCUT2D eigenvalue weighted by Gasteiger charge is 2.49. The Labute approximate surface area is 107 Å². The van der Waals surface area contributed by atoms with Crippen molar-refractivity contribution in [2.45, 2.75) is 24.9 Å². The van der Waals surface area contributed by atoms with Crippen LogP contribution < -0.4 is 10.5 Å². The summed E-state index contributed by atoms with van der Waals surface area (Å²) in [6.07, 6.45) is 2.53. The Morgan fingerprint density at radius 1 is 1.44 bits per heavy atom. The van der Waals surface area contributed by atoms with Crippen molar-refractivity contribution in [3.63, 3.8) is 0 Å². The largest absolute Gasteiger partial charge is 0.497 e. The van der Waals surface area contributed by atoms with Gasteiger partial charge in [-0.2, -0.15) is 0 Å². The minimum Gasteiger partial charge on any atom is -0.497 e. The van der Waals surface area contributed by atoms with E-state index in [1.54, 1.807) is 19.2 Å². The number of hydrogen-bond donors (Lipinski definition) is 1. The van der Waals surface area contributed by atoms with Crippen molar-refractivity contribution >= 4 is 0 Å². The van der Waals surface area contributed by atoms with Gasteiger partial charge in [0, 0.05) is 36.8 Å². The lowest BCUT2D eigenvalue weighted by Crippen LogP contribution is -2.68. The van der Waals surface area contributed by atoms with Crippen LogP contribution in [0.15, 0.2) is 18.2 Å². The van der Waals surface area contributed by atoms with Crippen LogP contribution in [0.4, 0.5) is 4.39 Å². The van der Waals surface area contributed by atoms with Gasteiger partial charge in [0.05, 0.1) is 7.11 Å². The summed E-state index contributed by atoms with van der Waals surface area (Å²) in [5.74, 6) is 1.07. The van der Waals surface area contributed by atoms with Crippen molar-refractivity contribution in [2.75, 3.05) is 20.2 Å². The second-order valence-electron chi connectivity index (χ2n) is 5.61. The first kappa shape index (κ1) is 11.9. The van der Waals surface area contributed by atoms with Gasteiger partial charge in [0.1, 0.15) is 11.6 Å². The minimum atomic E-state index is -0.199. The highest BCUT2D eigenvalue weighted by atomic mass is 19.1. The lowest BCUT2D eigenvalue weighted by molar-refractivity contribution is 0.0469. The van der Waals surface area contributed by atoms with Gasteiger partial charge in [-0.3, -0.25) is 4.90 Å². The van der Waals surface area contributed by atoms with Crippen molar-refractivity contribution in [3.8, 4) is 5.75 Å². The Morgan fingerprint density at radius 2 is 2.17 bits per heavy atom. The van der Waals surface area contributed by atoms with Crippen molar-refractivity contribution in [2.24, 2.45) is 11.7 Å². The molecule has 0 radical (unpaired) electrons. The molecule has 2 aliphatic rings. The smallest absolute Gasteiger partial charge is 0.131 e. The first-order valence-electron chi connectivity index (χ1n) is 6.44. The van der Waals surface area contributed by atoms with Crippen LogP contribution in [0.2, 0.25) is 0 Å². The second kappa shape index (κ2) is 4.21. The first-order valence-corrected chi connectivity index (χ1v) is 6.44. The Bertz CT molecular complexity index is 453. The summed E-state index contributed by atoms with van der Waals surface area (Å²) in [5, 5.41) is 0. The Kier molecular flexibility index (Phi) is 2.79. The van der Waals surface area contributed by atoms with Crippen LogP contribution in [0, 0.1) is 11.7 Å². The van der Waals surface area contributed by atoms with Crippen LogP contribution in [0.5, 0.6) is 5.75 Å². The molecule has 0 spiro atoms. The molecule has 1 saturated carbocycles. The van der Waals surface area contributed by atoms with Crippen LogP contribution in [0.3, 0.4) is 0 Å². The number of halogens is 1. The Morgan fingerprint density at radius 3 is 2.72 bits per heavy atom. The third-order valence-electron chi connectivity index (χ3n) is 4.08. The average Bonchev–Trinajstić information content (AvgIpc) is 3.13. The zero-order valence-corrected chi connectivity index (χ0v) is 10.7. The van der Waals surface area contributed by atoms with Crippen LogP contribution in [0.1, 0.15) is 18.4 Å². The number of rotatable bonds is 4. The van der Waals surface area contributed by atoms with Gasteiger partial charge in [-0.25, -0.2) is 4.39 Å². The molecule has 0 bridgehead atoms. The summed E-state index contributed by atoms with van der Waals surface area (Å²) in [6.45, 7) is 2.42. The van der Waals surface area contributed by atoms with Crippen LogP contribution >= 0.6 is 0 Å².